The number of phenols is 1. The van der Waals surface area contributed by atoms with E-state index in [2.05, 4.69) is 16.5 Å². The molecule has 2 aliphatic heterocycles. The van der Waals surface area contributed by atoms with Crippen molar-refractivity contribution in [2.24, 2.45) is 0 Å². The lowest BCUT2D eigenvalue weighted by Gasteiger charge is -2.51. The Morgan fingerprint density at radius 2 is 1.93 bits per heavy atom. The number of halogens is 2. The van der Waals surface area contributed by atoms with E-state index in [0.717, 1.165) is 29.9 Å². The van der Waals surface area contributed by atoms with Gasteiger partial charge in [-0.1, -0.05) is 12.6 Å². The van der Waals surface area contributed by atoms with E-state index in [9.17, 15) is 14.7 Å². The van der Waals surface area contributed by atoms with Gasteiger partial charge in [0.05, 0.1) is 28.7 Å². The molecule has 3 aliphatic rings. The molecule has 1 saturated carbocycles. The van der Waals surface area contributed by atoms with Crippen molar-refractivity contribution in [1.29, 1.82) is 0 Å². The molecular weight excluding hydrogens is 566 g/mol. The Kier molecular flexibility index (Phi) is 5.67. The number of likely N-dealkylation sites (N-methyl/N-ethyl adjacent to an activating group) is 1. The van der Waals surface area contributed by atoms with E-state index < -0.39 is 47.2 Å². The smallest absolute Gasteiger partial charge is 0.282 e. The highest BCUT2D eigenvalue weighted by Crippen LogP contribution is 2.46. The Labute approximate surface area is 256 Å². The van der Waals surface area contributed by atoms with Crippen molar-refractivity contribution in [1.82, 2.24) is 19.4 Å². The van der Waals surface area contributed by atoms with Gasteiger partial charge in [0.1, 0.15) is 22.9 Å². The number of aryl methyl sites for hydroxylation is 1. The second kappa shape index (κ2) is 10.1. The fraction of sp³-hybridized carbons (Fsp3) is 0.333. The summed E-state index contributed by atoms with van der Waals surface area (Å²) in [6.45, 7) is 4.66. The quantitative estimate of drug-likeness (QED) is 0.340. The lowest BCUT2D eigenvalue weighted by Crippen LogP contribution is -2.64. The number of pyridine rings is 3. The summed E-state index contributed by atoms with van der Waals surface area (Å²) in [6.07, 6.45) is 4.52. The van der Waals surface area contributed by atoms with Gasteiger partial charge in [-0.05, 0) is 62.6 Å². The molecule has 1 amide bonds. The summed E-state index contributed by atoms with van der Waals surface area (Å²) in [6, 6.07) is 5.46. The molecule has 1 saturated heterocycles. The van der Waals surface area contributed by atoms with Gasteiger partial charge in [0.15, 0.2) is 11.5 Å². The van der Waals surface area contributed by atoms with Crippen molar-refractivity contribution in [2.75, 3.05) is 36.4 Å². The first-order valence-corrected chi connectivity index (χ1v) is 14.5. The summed E-state index contributed by atoms with van der Waals surface area (Å²) in [5.74, 6) is -2.69. The topological polar surface area (TPSA) is 94.8 Å². The van der Waals surface area contributed by atoms with Crippen LogP contribution in [0.1, 0.15) is 41.1 Å². The standard InChI is InChI=1S/C33H32F2N6O3/c1-5-25(43)39-16-20-15-38(4)31-30(40(20)14-18(39)3)21-13-23(35)28(26-22(34)7-6-8-24(26)42)37-32(21)41(33(31)44)29-17(2)11-12-36-27(29)19-9-10-19/h5-8,11-13,18-20,42H,1,9-10,14-16H2,2-4H3/t18-,20+/m1/s1/i4D3. The van der Waals surface area contributed by atoms with Crippen LogP contribution in [0.25, 0.3) is 28.0 Å². The van der Waals surface area contributed by atoms with Crippen LogP contribution in [-0.4, -0.2) is 69.1 Å². The van der Waals surface area contributed by atoms with E-state index in [-0.39, 0.29) is 59.9 Å². The second-order valence-corrected chi connectivity index (χ2v) is 11.8. The number of phenolic OH excluding ortho intramolecular Hbond substituents is 1. The van der Waals surface area contributed by atoms with Gasteiger partial charge >= 0.3 is 0 Å². The Balaban J connectivity index is 1.61. The Morgan fingerprint density at radius 1 is 1.14 bits per heavy atom. The number of fused-ring (bicyclic) bond motifs is 5. The molecule has 226 valence electrons. The number of rotatable bonds is 4. The number of aromatic nitrogens is 3. The maximum absolute atomic E-state index is 16.3. The van der Waals surface area contributed by atoms with Crippen molar-refractivity contribution in [3.63, 3.8) is 0 Å². The number of carbonyl (C=O) groups is 1. The zero-order valence-corrected chi connectivity index (χ0v) is 24.2. The SMILES string of the molecule is [2H]C([2H])([2H])N1C[C@H]2CN(C(=O)C=C)[C@H](C)CN2c2c1c(=O)n(-c1c(C)ccnc1C1CC1)c1nc(-c3c(O)cccc3F)c(F)cc21. The van der Waals surface area contributed by atoms with Crippen LogP contribution in [0.5, 0.6) is 5.75 Å². The molecule has 0 radical (unpaired) electrons. The van der Waals surface area contributed by atoms with Crippen LogP contribution in [-0.2, 0) is 4.79 Å². The first-order valence-electron chi connectivity index (χ1n) is 16.0. The van der Waals surface area contributed by atoms with Gasteiger partial charge in [-0.15, -0.1) is 0 Å². The summed E-state index contributed by atoms with van der Waals surface area (Å²) >= 11 is 0. The Morgan fingerprint density at radius 3 is 2.64 bits per heavy atom. The van der Waals surface area contributed by atoms with E-state index in [1.165, 1.54) is 22.8 Å². The van der Waals surface area contributed by atoms with Crippen LogP contribution in [0.15, 0.2) is 54.0 Å². The number of piperazine rings is 1. The van der Waals surface area contributed by atoms with Crippen LogP contribution in [0.4, 0.5) is 20.2 Å². The monoisotopic (exact) mass is 601 g/mol. The van der Waals surface area contributed by atoms with E-state index >= 15 is 8.78 Å². The van der Waals surface area contributed by atoms with Gasteiger partial charge in [0, 0.05) is 54.3 Å². The number of hydrogen-bond acceptors (Lipinski definition) is 7. The van der Waals surface area contributed by atoms with Crippen molar-refractivity contribution in [3.8, 4) is 22.7 Å². The summed E-state index contributed by atoms with van der Waals surface area (Å²) in [4.78, 5) is 41.4. The average molecular weight is 602 g/mol. The molecule has 1 N–H and O–H groups in total. The molecule has 4 aromatic rings. The maximum Gasteiger partial charge on any atom is 0.282 e. The van der Waals surface area contributed by atoms with Crippen LogP contribution in [0, 0.1) is 18.6 Å². The summed E-state index contributed by atoms with van der Waals surface area (Å²) in [5, 5.41) is 10.7. The van der Waals surface area contributed by atoms with Gasteiger partial charge in [-0.2, -0.15) is 0 Å². The third-order valence-electron chi connectivity index (χ3n) is 8.87. The third-order valence-corrected chi connectivity index (χ3v) is 8.87. The van der Waals surface area contributed by atoms with Crippen molar-refractivity contribution in [2.45, 2.75) is 44.7 Å². The number of anilines is 2. The minimum Gasteiger partial charge on any atom is -0.507 e. The second-order valence-electron chi connectivity index (χ2n) is 11.8. The number of nitrogens with zero attached hydrogens (tertiary/aromatic N) is 6. The summed E-state index contributed by atoms with van der Waals surface area (Å²) < 4.78 is 58.1. The molecule has 1 aliphatic carbocycles. The minimum atomic E-state index is -2.78. The molecule has 2 fully saturated rings. The third kappa shape index (κ3) is 4.16. The number of amides is 1. The van der Waals surface area contributed by atoms with Gasteiger partial charge in [0.25, 0.3) is 5.56 Å². The molecule has 44 heavy (non-hydrogen) atoms. The average Bonchev–Trinajstić information content (AvgIpc) is 3.86. The maximum atomic E-state index is 16.3. The van der Waals surface area contributed by atoms with Crippen LogP contribution < -0.4 is 15.4 Å². The predicted octanol–water partition coefficient (Wildman–Crippen LogP) is 4.66. The van der Waals surface area contributed by atoms with Crippen LogP contribution in [0.3, 0.4) is 0 Å². The van der Waals surface area contributed by atoms with E-state index in [1.54, 1.807) is 24.1 Å². The molecule has 11 heteroatoms. The molecule has 0 unspecified atom stereocenters. The summed E-state index contributed by atoms with van der Waals surface area (Å²) in [7, 11) is 0. The molecule has 9 nitrogen and oxygen atoms in total. The van der Waals surface area contributed by atoms with Crippen molar-refractivity contribution in [3.05, 3.63) is 82.4 Å². The lowest BCUT2D eigenvalue weighted by atomic mass is 9.98. The molecular formula is C33H32F2N6O3. The van der Waals surface area contributed by atoms with Crippen molar-refractivity contribution < 1.29 is 22.8 Å². The van der Waals surface area contributed by atoms with Gasteiger partial charge in [0.2, 0.25) is 5.91 Å². The van der Waals surface area contributed by atoms with Gasteiger partial charge < -0.3 is 19.8 Å². The predicted molar refractivity (Wildman–Crippen MR) is 165 cm³/mol. The summed E-state index contributed by atoms with van der Waals surface area (Å²) in [5.41, 5.74) is -0.0486. The lowest BCUT2D eigenvalue weighted by molar-refractivity contribution is -0.128. The molecule has 7 rings (SSSR count). The Hall–Kier alpha value is -4.80. The van der Waals surface area contributed by atoms with Crippen LogP contribution >= 0.6 is 0 Å². The highest BCUT2D eigenvalue weighted by molar-refractivity contribution is 6.00. The molecule has 2 atom stereocenters. The molecule has 0 bridgehead atoms. The first kappa shape index (κ1) is 24.6. The Bertz CT molecular complexity index is 2030. The fourth-order valence-electron chi connectivity index (χ4n) is 6.63. The minimum absolute atomic E-state index is 0.0470. The van der Waals surface area contributed by atoms with Gasteiger partial charge in [-0.3, -0.25) is 19.1 Å². The van der Waals surface area contributed by atoms with E-state index in [0.29, 0.717) is 16.9 Å². The van der Waals surface area contributed by atoms with Crippen LogP contribution in [0.2, 0.25) is 0 Å². The van der Waals surface area contributed by atoms with E-state index in [4.69, 9.17) is 4.11 Å². The fourth-order valence-corrected chi connectivity index (χ4v) is 6.63. The number of aromatic hydroxyl groups is 1. The number of benzene rings is 1. The highest BCUT2D eigenvalue weighted by atomic mass is 19.1. The zero-order chi connectivity index (χ0) is 33.5. The highest BCUT2D eigenvalue weighted by Gasteiger charge is 2.42. The number of hydrogen-bond donors (Lipinski definition) is 1. The van der Waals surface area contributed by atoms with Gasteiger partial charge in [-0.25, -0.2) is 13.8 Å². The number of carbonyl (C=O) groups excluding carboxylic acids is 1. The van der Waals surface area contributed by atoms with Crippen molar-refractivity contribution >= 4 is 28.3 Å². The van der Waals surface area contributed by atoms with E-state index in [1.807, 2.05) is 11.8 Å². The normalized spacial score (nSPS) is 20.9. The molecule has 3 aromatic heterocycles. The zero-order valence-electron chi connectivity index (χ0n) is 27.2. The largest absolute Gasteiger partial charge is 0.507 e. The first-order chi connectivity index (χ1) is 22.3. The molecule has 1 aromatic carbocycles. The molecule has 5 heterocycles. The molecule has 0 spiro atoms.